The molecule has 2 aromatic carbocycles. The number of carboxylic acid groups (broad SMARTS) is 1. The molecular weight excluding hydrogens is 382 g/mol. The molecule has 2 aromatic rings. The molecule has 1 aliphatic rings. The van der Waals surface area contributed by atoms with Gasteiger partial charge in [0, 0.05) is 18.4 Å². The van der Waals surface area contributed by atoms with Gasteiger partial charge in [0.15, 0.2) is 14.6 Å². The van der Waals surface area contributed by atoms with E-state index < -0.39 is 32.8 Å². The van der Waals surface area contributed by atoms with Gasteiger partial charge in [-0.2, -0.15) is 0 Å². The fourth-order valence-corrected chi connectivity index (χ4v) is 3.94. The first-order valence-corrected chi connectivity index (χ1v) is 10.6. The second kappa shape index (κ2) is 7.27. The average molecular weight is 403 g/mol. The van der Waals surface area contributed by atoms with Crippen LogP contribution in [0.2, 0.25) is 0 Å². The summed E-state index contributed by atoms with van der Waals surface area (Å²) in [5, 5.41) is 9.38. The number of nitrogens with zero attached hydrogens (tertiary/aromatic N) is 1. The first-order chi connectivity index (χ1) is 13.1. The Morgan fingerprint density at radius 2 is 1.71 bits per heavy atom. The molecule has 8 heteroatoms. The maximum atomic E-state index is 12.3. The Labute approximate surface area is 163 Å². The molecule has 0 radical (unpaired) electrons. The Kier molecular flexibility index (Phi) is 5.16. The molecule has 1 heterocycles. The maximum absolute atomic E-state index is 12.3. The molecule has 1 fully saturated rings. The van der Waals surface area contributed by atoms with Gasteiger partial charge >= 0.3 is 12.1 Å². The van der Waals surface area contributed by atoms with Gasteiger partial charge in [-0.25, -0.2) is 13.2 Å². The molecule has 2 atom stereocenters. The molecule has 1 amide bonds. The molecule has 0 aliphatic carbocycles. The molecule has 0 aromatic heterocycles. The smallest absolute Gasteiger partial charge is 0.414 e. The van der Waals surface area contributed by atoms with Gasteiger partial charge in [0.1, 0.15) is 6.10 Å². The van der Waals surface area contributed by atoms with Crippen molar-refractivity contribution in [3.05, 3.63) is 54.6 Å². The van der Waals surface area contributed by atoms with Crippen molar-refractivity contribution in [1.29, 1.82) is 0 Å². The number of aliphatic carboxylic acids is 1. The Hall–Kier alpha value is -2.87. The number of carbonyl (C=O) groups excluding carboxylic acids is 1. The van der Waals surface area contributed by atoms with Crippen LogP contribution in [0.5, 0.6) is 0 Å². The van der Waals surface area contributed by atoms with Crippen LogP contribution in [0.25, 0.3) is 11.1 Å². The van der Waals surface area contributed by atoms with Crippen molar-refractivity contribution in [1.82, 2.24) is 0 Å². The summed E-state index contributed by atoms with van der Waals surface area (Å²) in [6, 6.07) is 17.1. The number of sulfone groups is 1. The van der Waals surface area contributed by atoms with Crippen LogP contribution in [0, 0.1) is 0 Å². The highest BCUT2D eigenvalue weighted by Gasteiger charge is 2.48. The maximum Gasteiger partial charge on any atom is 0.414 e. The Morgan fingerprint density at radius 3 is 2.25 bits per heavy atom. The summed E-state index contributed by atoms with van der Waals surface area (Å²) in [5.41, 5.74) is 2.63. The van der Waals surface area contributed by atoms with Crippen molar-refractivity contribution >= 4 is 27.6 Å². The summed E-state index contributed by atoms with van der Waals surface area (Å²) in [7, 11) is -3.90. The van der Waals surface area contributed by atoms with Gasteiger partial charge in [-0.05, 0) is 30.2 Å². The molecule has 0 unspecified atom stereocenters. The summed E-state index contributed by atoms with van der Waals surface area (Å²) in [4.78, 5) is 25.2. The lowest BCUT2D eigenvalue weighted by Gasteiger charge is -2.24. The zero-order valence-corrected chi connectivity index (χ0v) is 16.3. The van der Waals surface area contributed by atoms with Crippen molar-refractivity contribution < 1.29 is 27.9 Å². The van der Waals surface area contributed by atoms with Gasteiger partial charge in [0.25, 0.3) is 0 Å². The third-order valence-corrected chi connectivity index (χ3v) is 7.03. The lowest BCUT2D eigenvalue weighted by Crippen LogP contribution is -2.46. The molecule has 1 N–H and O–H groups in total. The van der Waals surface area contributed by atoms with Gasteiger partial charge in [0.05, 0.1) is 6.54 Å². The number of hydrogen-bond donors (Lipinski definition) is 1. The van der Waals surface area contributed by atoms with Crippen molar-refractivity contribution in [2.24, 2.45) is 0 Å². The number of carbonyl (C=O) groups is 2. The van der Waals surface area contributed by atoms with Gasteiger partial charge in [-0.3, -0.25) is 9.69 Å². The second-order valence-electron chi connectivity index (χ2n) is 7.04. The lowest BCUT2D eigenvalue weighted by atomic mass is 10.0. The van der Waals surface area contributed by atoms with E-state index in [0.717, 1.165) is 24.3 Å². The number of carboxylic acids is 1. The van der Waals surface area contributed by atoms with Crippen LogP contribution in [0.4, 0.5) is 10.5 Å². The van der Waals surface area contributed by atoms with Gasteiger partial charge in [-0.1, -0.05) is 42.5 Å². The normalized spacial score (nSPS) is 19.1. The third kappa shape index (κ3) is 3.73. The molecule has 28 heavy (non-hydrogen) atoms. The largest absolute Gasteiger partial charge is 0.480 e. The predicted molar refractivity (Wildman–Crippen MR) is 105 cm³/mol. The molecule has 1 saturated heterocycles. The Balaban J connectivity index is 1.77. The first kappa shape index (κ1) is 19.9. The Bertz CT molecular complexity index is 987. The van der Waals surface area contributed by atoms with Gasteiger partial charge in [0.2, 0.25) is 0 Å². The molecular formula is C20H21NO6S. The molecule has 0 saturated carbocycles. The number of benzene rings is 2. The summed E-state index contributed by atoms with van der Waals surface area (Å²) in [6.07, 6.45) is -0.903. The van der Waals surface area contributed by atoms with Crippen LogP contribution in [0.3, 0.4) is 0 Å². The molecule has 0 spiro atoms. The summed E-state index contributed by atoms with van der Waals surface area (Å²) < 4.78 is 27.1. The minimum atomic E-state index is -3.90. The van der Waals surface area contributed by atoms with E-state index in [-0.39, 0.29) is 13.0 Å². The highest BCUT2D eigenvalue weighted by atomic mass is 32.2. The molecule has 3 rings (SSSR count). The number of cyclic esters (lactones) is 1. The van der Waals surface area contributed by atoms with E-state index in [9.17, 15) is 23.1 Å². The Morgan fingerprint density at radius 1 is 1.14 bits per heavy atom. The highest BCUT2D eigenvalue weighted by Crippen LogP contribution is 2.31. The van der Waals surface area contributed by atoms with E-state index in [1.807, 2.05) is 42.5 Å². The summed E-state index contributed by atoms with van der Waals surface area (Å²) in [6.45, 7) is 1.22. The fourth-order valence-electron chi connectivity index (χ4n) is 3.13. The van der Waals surface area contributed by atoms with Crippen molar-refractivity contribution in [3.63, 3.8) is 0 Å². The SMILES string of the molecule is C[C@@](C[C@H]1CN(c2ccc(-c3ccccc3)cc2)C(=O)O1)(C(=O)O)S(C)(=O)=O. The van der Waals surface area contributed by atoms with E-state index in [1.165, 1.54) is 4.90 Å². The van der Waals surface area contributed by atoms with Crippen molar-refractivity contribution in [2.75, 3.05) is 17.7 Å². The van der Waals surface area contributed by atoms with Crippen molar-refractivity contribution in [2.45, 2.75) is 24.2 Å². The van der Waals surface area contributed by atoms with E-state index in [1.54, 1.807) is 12.1 Å². The third-order valence-electron chi connectivity index (χ3n) is 5.05. The number of anilines is 1. The topological polar surface area (TPSA) is 101 Å². The predicted octanol–water partition coefficient (Wildman–Crippen LogP) is 2.96. The first-order valence-electron chi connectivity index (χ1n) is 8.68. The van der Waals surface area contributed by atoms with Crippen LogP contribution in [0.1, 0.15) is 13.3 Å². The van der Waals surface area contributed by atoms with E-state index in [4.69, 9.17) is 4.74 Å². The standard InChI is InChI=1S/C20H21NO6S/c1-20(18(22)23,28(2,25)26)12-17-13-21(19(24)27-17)16-10-8-15(9-11-16)14-6-4-3-5-7-14/h3-11,17H,12-13H2,1-2H3,(H,22,23)/t17-,20+/m0/s1. The van der Waals surface area contributed by atoms with Crippen LogP contribution in [-0.4, -0.2) is 49.2 Å². The lowest BCUT2D eigenvalue weighted by molar-refractivity contribution is -0.140. The quantitative estimate of drug-likeness (QED) is 0.796. The van der Waals surface area contributed by atoms with Crippen LogP contribution in [0.15, 0.2) is 54.6 Å². The summed E-state index contributed by atoms with van der Waals surface area (Å²) >= 11 is 0. The second-order valence-corrected chi connectivity index (χ2v) is 9.49. The number of amides is 1. The zero-order chi connectivity index (χ0) is 20.5. The molecule has 1 aliphatic heterocycles. The number of hydrogen-bond acceptors (Lipinski definition) is 5. The average Bonchev–Trinajstić information content (AvgIpc) is 3.01. The van der Waals surface area contributed by atoms with Crippen molar-refractivity contribution in [3.8, 4) is 11.1 Å². The monoisotopic (exact) mass is 403 g/mol. The highest BCUT2D eigenvalue weighted by molar-refractivity contribution is 7.92. The summed E-state index contributed by atoms with van der Waals surface area (Å²) in [5.74, 6) is -1.46. The van der Waals surface area contributed by atoms with Gasteiger partial charge in [-0.15, -0.1) is 0 Å². The van der Waals surface area contributed by atoms with E-state index in [2.05, 4.69) is 0 Å². The van der Waals surface area contributed by atoms with Gasteiger partial charge < -0.3 is 9.84 Å². The molecule has 0 bridgehead atoms. The van der Waals surface area contributed by atoms with Crippen LogP contribution in [-0.2, 0) is 19.4 Å². The van der Waals surface area contributed by atoms with Crippen LogP contribution < -0.4 is 4.90 Å². The minimum Gasteiger partial charge on any atom is -0.480 e. The molecule has 7 nitrogen and oxygen atoms in total. The zero-order valence-electron chi connectivity index (χ0n) is 15.5. The van der Waals surface area contributed by atoms with E-state index in [0.29, 0.717) is 5.69 Å². The van der Waals surface area contributed by atoms with Crippen LogP contribution >= 0.6 is 0 Å². The fraction of sp³-hybridized carbons (Fsp3) is 0.300. The van der Waals surface area contributed by atoms with E-state index >= 15 is 0 Å². The minimum absolute atomic E-state index is 0.0852. The molecule has 148 valence electrons. The number of ether oxygens (including phenoxy) is 1. The number of rotatable bonds is 6.